The minimum absolute atomic E-state index is 0.230. The van der Waals surface area contributed by atoms with Gasteiger partial charge in [0.15, 0.2) is 5.76 Å². The van der Waals surface area contributed by atoms with Crippen LogP contribution in [0.3, 0.4) is 0 Å². The maximum atomic E-state index is 12.3. The van der Waals surface area contributed by atoms with E-state index in [1.54, 1.807) is 12.3 Å². The molecule has 0 aliphatic carbocycles. The fraction of sp³-hybridized carbons (Fsp3) is 0.0909. The van der Waals surface area contributed by atoms with Crippen LogP contribution in [0, 0.1) is 0 Å². The molecule has 0 radical (unpaired) electrons. The van der Waals surface area contributed by atoms with Crippen molar-refractivity contribution >= 4 is 28.8 Å². The number of aromatic nitrogens is 1. The van der Waals surface area contributed by atoms with E-state index in [2.05, 4.69) is 27.6 Å². The molecule has 0 spiro atoms. The van der Waals surface area contributed by atoms with E-state index in [-0.39, 0.29) is 11.7 Å². The number of nitrogens with one attached hydrogen (secondary N) is 1. The topological polar surface area (TPSA) is 62.8 Å². The summed E-state index contributed by atoms with van der Waals surface area (Å²) < 4.78 is 7.54. The summed E-state index contributed by atoms with van der Waals surface area (Å²) in [6.45, 7) is 0. The molecule has 1 amide bonds. The van der Waals surface area contributed by atoms with Crippen LogP contribution in [-0.2, 0) is 0 Å². The van der Waals surface area contributed by atoms with Crippen molar-refractivity contribution in [1.29, 1.82) is 0 Å². The minimum Gasteiger partial charge on any atom is -0.451 e. The lowest BCUT2D eigenvalue weighted by Crippen LogP contribution is -2.17. The van der Waals surface area contributed by atoms with Crippen molar-refractivity contribution in [2.75, 3.05) is 19.0 Å². The minimum atomic E-state index is -0.388. The Morgan fingerprint density at radius 3 is 2.61 bits per heavy atom. The predicted molar refractivity (Wildman–Crippen MR) is 111 cm³/mol. The second-order valence-electron chi connectivity index (χ2n) is 6.56. The molecule has 0 fully saturated rings. The van der Waals surface area contributed by atoms with E-state index >= 15 is 0 Å². The van der Waals surface area contributed by atoms with Gasteiger partial charge in [0.2, 0.25) is 0 Å². The molecule has 28 heavy (non-hydrogen) atoms. The molecular weight excluding hydrogens is 352 g/mol. The Morgan fingerprint density at radius 1 is 1.07 bits per heavy atom. The van der Waals surface area contributed by atoms with Gasteiger partial charge in [-0.15, -0.1) is 0 Å². The molecule has 0 unspecified atom stereocenters. The number of carbonyl (C=O) groups excluding carboxylic acids is 1. The van der Waals surface area contributed by atoms with Gasteiger partial charge in [0.1, 0.15) is 5.58 Å². The predicted octanol–water partition coefficient (Wildman–Crippen LogP) is 4.05. The maximum absolute atomic E-state index is 12.3. The Hall–Kier alpha value is -3.80. The normalized spacial score (nSPS) is 11.2. The number of carbonyl (C=O) groups is 1. The largest absolute Gasteiger partial charge is 0.451 e. The molecule has 0 bridgehead atoms. The number of benzene rings is 2. The fourth-order valence-corrected chi connectivity index (χ4v) is 2.95. The lowest BCUT2D eigenvalue weighted by Gasteiger charge is -2.13. The van der Waals surface area contributed by atoms with Gasteiger partial charge in [-0.25, -0.2) is 5.43 Å². The summed E-state index contributed by atoms with van der Waals surface area (Å²) in [5.74, 6) is -0.158. The number of rotatable bonds is 5. The van der Waals surface area contributed by atoms with Gasteiger partial charge >= 0.3 is 5.91 Å². The Balaban J connectivity index is 1.48. The number of anilines is 1. The second kappa shape index (κ2) is 7.44. The van der Waals surface area contributed by atoms with Crippen molar-refractivity contribution in [2.45, 2.75) is 0 Å². The zero-order chi connectivity index (χ0) is 19.5. The lowest BCUT2D eigenvalue weighted by atomic mass is 10.2. The molecule has 0 aliphatic rings. The first-order valence-corrected chi connectivity index (χ1v) is 8.89. The molecule has 6 nitrogen and oxygen atoms in total. The van der Waals surface area contributed by atoms with E-state index in [0.29, 0.717) is 5.58 Å². The molecule has 4 rings (SSSR count). The van der Waals surface area contributed by atoms with Crippen molar-refractivity contribution in [3.05, 3.63) is 84.4 Å². The highest BCUT2D eigenvalue weighted by Crippen LogP contribution is 2.19. The first-order chi connectivity index (χ1) is 13.6. The molecular formula is C22H20N4O2. The van der Waals surface area contributed by atoms with Crippen molar-refractivity contribution < 1.29 is 9.21 Å². The number of para-hydroxylation sites is 1. The average molecular weight is 372 g/mol. The number of amides is 1. The zero-order valence-electron chi connectivity index (χ0n) is 15.7. The van der Waals surface area contributed by atoms with E-state index in [4.69, 9.17) is 4.42 Å². The SMILES string of the molecule is CN(C)c1ccc(-n2cccc2/C=N/NC(=O)c2cc3ccccc3o2)cc1. The summed E-state index contributed by atoms with van der Waals surface area (Å²) in [5, 5.41) is 4.96. The van der Waals surface area contributed by atoms with E-state index in [9.17, 15) is 4.79 Å². The van der Waals surface area contributed by atoms with Crippen molar-refractivity contribution in [2.24, 2.45) is 5.10 Å². The fourth-order valence-electron chi connectivity index (χ4n) is 2.95. The van der Waals surface area contributed by atoms with Crippen LogP contribution in [-0.4, -0.2) is 30.8 Å². The molecule has 0 aliphatic heterocycles. The molecule has 140 valence electrons. The van der Waals surface area contributed by atoms with Crippen LogP contribution in [0.25, 0.3) is 16.7 Å². The third-order valence-corrected chi connectivity index (χ3v) is 4.44. The molecule has 0 saturated heterocycles. The molecule has 2 aromatic heterocycles. The summed E-state index contributed by atoms with van der Waals surface area (Å²) >= 11 is 0. The van der Waals surface area contributed by atoms with E-state index < -0.39 is 0 Å². The van der Waals surface area contributed by atoms with Crippen LogP contribution in [0.15, 0.2) is 82.4 Å². The van der Waals surface area contributed by atoms with Gasteiger partial charge in [0.05, 0.1) is 11.9 Å². The lowest BCUT2D eigenvalue weighted by molar-refractivity contribution is 0.0929. The van der Waals surface area contributed by atoms with Crippen molar-refractivity contribution in [3.8, 4) is 5.69 Å². The average Bonchev–Trinajstić information content (AvgIpc) is 3.35. The quantitative estimate of drug-likeness (QED) is 0.425. The molecule has 0 atom stereocenters. The van der Waals surface area contributed by atoms with Gasteiger partial charge in [-0.3, -0.25) is 4.79 Å². The van der Waals surface area contributed by atoms with Gasteiger partial charge in [-0.05, 0) is 48.5 Å². The summed E-state index contributed by atoms with van der Waals surface area (Å²) in [7, 11) is 4.01. The zero-order valence-corrected chi connectivity index (χ0v) is 15.7. The first-order valence-electron chi connectivity index (χ1n) is 8.89. The smallest absolute Gasteiger partial charge is 0.307 e. The third-order valence-electron chi connectivity index (χ3n) is 4.44. The standard InChI is InChI=1S/C22H20N4O2/c1-25(2)17-9-11-18(12-10-17)26-13-5-7-19(26)15-23-24-22(27)21-14-16-6-3-4-8-20(16)28-21/h3-15H,1-2H3,(H,24,27)/b23-15+. The molecule has 1 N–H and O–H groups in total. The number of fused-ring (bicyclic) bond motifs is 1. The van der Waals surface area contributed by atoms with Gasteiger partial charge in [0.25, 0.3) is 0 Å². The van der Waals surface area contributed by atoms with Crippen molar-refractivity contribution in [3.63, 3.8) is 0 Å². The monoisotopic (exact) mass is 372 g/mol. The first kappa shape index (κ1) is 17.6. The van der Waals surface area contributed by atoms with E-state index in [1.807, 2.05) is 73.4 Å². The van der Waals surface area contributed by atoms with Gasteiger partial charge < -0.3 is 13.9 Å². The maximum Gasteiger partial charge on any atom is 0.307 e. The van der Waals surface area contributed by atoms with E-state index in [0.717, 1.165) is 22.5 Å². The van der Waals surface area contributed by atoms with Crippen LogP contribution in [0.1, 0.15) is 16.2 Å². The third kappa shape index (κ3) is 3.53. The van der Waals surface area contributed by atoms with Crippen LogP contribution >= 0.6 is 0 Å². The molecule has 6 heteroatoms. The molecule has 2 aromatic carbocycles. The Labute approximate surface area is 162 Å². The van der Waals surface area contributed by atoms with E-state index in [1.165, 1.54) is 0 Å². The summed E-state index contributed by atoms with van der Waals surface area (Å²) in [6.07, 6.45) is 3.56. The number of hydrogen-bond donors (Lipinski definition) is 1. The van der Waals surface area contributed by atoms with Crippen LogP contribution in [0.2, 0.25) is 0 Å². The van der Waals surface area contributed by atoms with Gasteiger partial charge in [0, 0.05) is 37.1 Å². The molecule has 0 saturated carbocycles. The molecule has 2 heterocycles. The molecule has 4 aromatic rings. The van der Waals surface area contributed by atoms with Crippen LogP contribution < -0.4 is 10.3 Å². The number of hydrogen-bond acceptors (Lipinski definition) is 4. The van der Waals surface area contributed by atoms with Gasteiger partial charge in [-0.1, -0.05) is 18.2 Å². The summed E-state index contributed by atoms with van der Waals surface area (Å²) in [4.78, 5) is 14.3. The highest BCUT2D eigenvalue weighted by molar-refractivity contribution is 5.96. The summed E-state index contributed by atoms with van der Waals surface area (Å²) in [5.41, 5.74) is 6.18. The van der Waals surface area contributed by atoms with Gasteiger partial charge in [-0.2, -0.15) is 5.10 Å². The highest BCUT2D eigenvalue weighted by Gasteiger charge is 2.11. The van der Waals surface area contributed by atoms with Crippen molar-refractivity contribution in [1.82, 2.24) is 9.99 Å². The highest BCUT2D eigenvalue weighted by atomic mass is 16.3. The number of furan rings is 1. The Kier molecular flexibility index (Phi) is 4.68. The van der Waals surface area contributed by atoms with Crippen LogP contribution in [0.4, 0.5) is 5.69 Å². The van der Waals surface area contributed by atoms with Crippen LogP contribution in [0.5, 0.6) is 0 Å². The number of hydrazone groups is 1. The Morgan fingerprint density at radius 2 is 1.86 bits per heavy atom. The number of nitrogens with zero attached hydrogens (tertiary/aromatic N) is 3. The summed E-state index contributed by atoms with van der Waals surface area (Å²) in [6, 6.07) is 21.2. The second-order valence-corrected chi connectivity index (χ2v) is 6.56. The Bertz CT molecular complexity index is 1100.